The number of hydrogen-bond acceptors (Lipinski definition) is 6. The molecule has 0 radical (unpaired) electrons. The summed E-state index contributed by atoms with van der Waals surface area (Å²) in [5.74, 6) is -4.64. The summed E-state index contributed by atoms with van der Waals surface area (Å²) in [4.78, 5) is 45.3. The van der Waals surface area contributed by atoms with Crippen molar-refractivity contribution in [2.24, 2.45) is 23.7 Å². The van der Waals surface area contributed by atoms with E-state index in [1.807, 2.05) is 0 Å². The lowest BCUT2D eigenvalue weighted by Gasteiger charge is -2.25. The number of fused-ring (bicyclic) bond motifs is 2. The average molecular weight is 224 g/mol. The van der Waals surface area contributed by atoms with E-state index in [4.69, 9.17) is 0 Å². The summed E-state index contributed by atoms with van der Waals surface area (Å²) in [6.45, 7) is 0. The van der Waals surface area contributed by atoms with Gasteiger partial charge in [-0.3, -0.25) is 19.2 Å². The summed E-state index contributed by atoms with van der Waals surface area (Å²) < 4.78 is 9.01. The van der Waals surface area contributed by atoms with Crippen LogP contribution in [0.5, 0.6) is 0 Å². The monoisotopic (exact) mass is 224 g/mol. The molecule has 0 N–H and O–H groups in total. The van der Waals surface area contributed by atoms with Crippen molar-refractivity contribution in [3.63, 3.8) is 0 Å². The van der Waals surface area contributed by atoms with Gasteiger partial charge in [0.25, 0.3) is 0 Å². The summed E-state index contributed by atoms with van der Waals surface area (Å²) in [6.07, 6.45) is 0.370. The Hall–Kier alpha value is -1.72. The van der Waals surface area contributed by atoms with Crippen LogP contribution in [0.25, 0.3) is 0 Å². The standard InChI is InChI=1S/C10H8O6/c11-7-3-1-4-6(10(14)16-8(4)12)2-5(3)9(13)15-7/h3-6H,1-2H2/t3-,4-,5+,6+. The molecule has 1 aliphatic carbocycles. The maximum absolute atomic E-state index is 11.3. The lowest BCUT2D eigenvalue weighted by Crippen LogP contribution is -2.35. The molecule has 0 aromatic carbocycles. The van der Waals surface area contributed by atoms with Crippen LogP contribution in [0.15, 0.2) is 0 Å². The van der Waals surface area contributed by atoms with Crippen LogP contribution >= 0.6 is 0 Å². The van der Waals surface area contributed by atoms with Crippen LogP contribution in [0.3, 0.4) is 0 Å². The van der Waals surface area contributed by atoms with Gasteiger partial charge in [0, 0.05) is 0 Å². The molecule has 4 atom stereocenters. The van der Waals surface area contributed by atoms with Crippen LogP contribution in [-0.4, -0.2) is 23.9 Å². The molecule has 1 saturated carbocycles. The highest BCUT2D eigenvalue weighted by Gasteiger charge is 2.57. The first-order valence-corrected chi connectivity index (χ1v) is 5.09. The Morgan fingerprint density at radius 2 is 0.875 bits per heavy atom. The first-order chi connectivity index (χ1) is 7.58. The van der Waals surface area contributed by atoms with Gasteiger partial charge < -0.3 is 9.47 Å². The average Bonchev–Trinajstić information content (AvgIpc) is 2.67. The van der Waals surface area contributed by atoms with Crippen molar-refractivity contribution >= 4 is 23.9 Å². The van der Waals surface area contributed by atoms with E-state index in [9.17, 15) is 19.2 Å². The molecule has 16 heavy (non-hydrogen) atoms. The van der Waals surface area contributed by atoms with Crippen molar-refractivity contribution in [3.05, 3.63) is 0 Å². The molecule has 3 rings (SSSR count). The molecular formula is C10H8O6. The number of carbonyl (C=O) groups excluding carboxylic acids is 4. The van der Waals surface area contributed by atoms with Crippen molar-refractivity contribution in [2.75, 3.05) is 0 Å². The van der Waals surface area contributed by atoms with Gasteiger partial charge in [-0.05, 0) is 12.8 Å². The highest BCUT2D eigenvalue weighted by atomic mass is 16.6. The molecule has 2 heterocycles. The molecule has 2 saturated heterocycles. The summed E-state index contributed by atoms with van der Waals surface area (Å²) in [6, 6.07) is 0. The van der Waals surface area contributed by atoms with Gasteiger partial charge in [0.1, 0.15) is 0 Å². The smallest absolute Gasteiger partial charge is 0.317 e. The third-order valence-electron chi connectivity index (χ3n) is 3.60. The Morgan fingerprint density at radius 1 is 0.625 bits per heavy atom. The molecule has 6 nitrogen and oxygen atoms in total. The first-order valence-electron chi connectivity index (χ1n) is 5.09. The summed E-state index contributed by atoms with van der Waals surface area (Å²) >= 11 is 0. The zero-order valence-electron chi connectivity index (χ0n) is 8.17. The third-order valence-corrected chi connectivity index (χ3v) is 3.60. The molecular weight excluding hydrogens is 216 g/mol. The molecule has 0 unspecified atom stereocenters. The Bertz CT molecular complexity index is 349. The van der Waals surface area contributed by atoms with Crippen LogP contribution in [-0.2, 0) is 28.7 Å². The van der Waals surface area contributed by atoms with Gasteiger partial charge in [-0.15, -0.1) is 0 Å². The Morgan fingerprint density at radius 3 is 1.12 bits per heavy atom. The molecule has 3 aliphatic rings. The maximum Gasteiger partial charge on any atom is 0.317 e. The van der Waals surface area contributed by atoms with Crippen LogP contribution < -0.4 is 0 Å². The van der Waals surface area contributed by atoms with Crippen LogP contribution in [0.4, 0.5) is 0 Å². The van der Waals surface area contributed by atoms with Gasteiger partial charge in [-0.1, -0.05) is 0 Å². The van der Waals surface area contributed by atoms with Gasteiger partial charge in [0.15, 0.2) is 0 Å². The predicted octanol–water partition coefficient (Wildman–Crippen LogP) is -0.588. The van der Waals surface area contributed by atoms with E-state index in [0.717, 1.165) is 0 Å². The van der Waals surface area contributed by atoms with E-state index in [1.54, 1.807) is 0 Å². The van der Waals surface area contributed by atoms with E-state index in [0.29, 0.717) is 0 Å². The first kappa shape index (κ1) is 9.50. The number of rotatable bonds is 0. The number of carbonyl (C=O) groups is 4. The quantitative estimate of drug-likeness (QED) is 0.404. The second-order valence-corrected chi connectivity index (χ2v) is 4.38. The van der Waals surface area contributed by atoms with Gasteiger partial charge in [0.05, 0.1) is 23.7 Å². The van der Waals surface area contributed by atoms with Gasteiger partial charge >= 0.3 is 23.9 Å². The van der Waals surface area contributed by atoms with Crippen molar-refractivity contribution < 1.29 is 28.7 Å². The summed E-state index contributed by atoms with van der Waals surface area (Å²) in [7, 11) is 0. The van der Waals surface area contributed by atoms with E-state index in [-0.39, 0.29) is 12.8 Å². The van der Waals surface area contributed by atoms with Gasteiger partial charge in [-0.2, -0.15) is 0 Å². The van der Waals surface area contributed by atoms with Gasteiger partial charge in [0.2, 0.25) is 0 Å². The minimum atomic E-state index is -0.583. The van der Waals surface area contributed by atoms with Crippen molar-refractivity contribution in [1.29, 1.82) is 0 Å². The number of esters is 4. The minimum Gasteiger partial charge on any atom is -0.393 e. The molecule has 0 aromatic heterocycles. The maximum atomic E-state index is 11.3. The largest absolute Gasteiger partial charge is 0.393 e. The molecule has 0 aromatic rings. The highest BCUT2D eigenvalue weighted by Crippen LogP contribution is 2.45. The van der Waals surface area contributed by atoms with E-state index in [1.165, 1.54) is 0 Å². The summed E-state index contributed by atoms with van der Waals surface area (Å²) in [5, 5.41) is 0. The second kappa shape index (κ2) is 2.90. The lowest BCUT2D eigenvalue weighted by atomic mass is 9.70. The lowest BCUT2D eigenvalue weighted by molar-refractivity contribution is -0.154. The van der Waals surface area contributed by atoms with Crippen molar-refractivity contribution in [2.45, 2.75) is 12.8 Å². The normalized spacial score (nSPS) is 41.5. The number of hydrogen-bond donors (Lipinski definition) is 0. The van der Waals surface area contributed by atoms with E-state index < -0.39 is 47.5 Å². The zero-order valence-corrected chi connectivity index (χ0v) is 8.17. The van der Waals surface area contributed by atoms with Crippen molar-refractivity contribution in [3.8, 4) is 0 Å². The highest BCUT2D eigenvalue weighted by molar-refractivity contribution is 6.01. The summed E-state index contributed by atoms with van der Waals surface area (Å²) in [5.41, 5.74) is 0. The third kappa shape index (κ3) is 1.07. The molecule has 3 fully saturated rings. The Labute approximate surface area is 89.9 Å². The van der Waals surface area contributed by atoms with Crippen LogP contribution in [0, 0.1) is 23.7 Å². The zero-order chi connectivity index (χ0) is 11.4. The van der Waals surface area contributed by atoms with E-state index in [2.05, 4.69) is 9.47 Å². The minimum absolute atomic E-state index is 0.185. The number of cyclic esters (lactones) is 4. The molecule has 0 amide bonds. The van der Waals surface area contributed by atoms with Crippen molar-refractivity contribution in [1.82, 2.24) is 0 Å². The fourth-order valence-corrected chi connectivity index (χ4v) is 2.75. The van der Waals surface area contributed by atoms with Crippen LogP contribution in [0.1, 0.15) is 12.8 Å². The number of ether oxygens (including phenoxy) is 2. The Balaban J connectivity index is 1.92. The SMILES string of the molecule is O=C1OC(=O)[C@@H]2C[C@H]3C(=O)OC(=O)[C@H]3C[C@H]12. The Kier molecular flexibility index (Phi) is 1.72. The van der Waals surface area contributed by atoms with Crippen LogP contribution in [0.2, 0.25) is 0 Å². The molecule has 6 heteroatoms. The molecule has 84 valence electrons. The van der Waals surface area contributed by atoms with Gasteiger partial charge in [-0.25, -0.2) is 0 Å². The van der Waals surface area contributed by atoms with E-state index >= 15 is 0 Å². The predicted molar refractivity (Wildman–Crippen MR) is 45.4 cm³/mol. The fourth-order valence-electron chi connectivity index (χ4n) is 2.75. The molecule has 0 spiro atoms. The second-order valence-electron chi connectivity index (χ2n) is 4.38. The topological polar surface area (TPSA) is 86.7 Å². The molecule has 2 aliphatic heterocycles. The molecule has 0 bridgehead atoms. The fraction of sp³-hybridized carbons (Fsp3) is 0.600.